The van der Waals surface area contributed by atoms with Gasteiger partial charge in [0.25, 0.3) is 0 Å². The van der Waals surface area contributed by atoms with Gasteiger partial charge < -0.3 is 4.74 Å². The highest BCUT2D eigenvalue weighted by Gasteiger charge is 2.10. The lowest BCUT2D eigenvalue weighted by Gasteiger charge is -2.11. The van der Waals surface area contributed by atoms with Crippen molar-refractivity contribution >= 4 is 40.7 Å². The zero-order chi connectivity index (χ0) is 14.4. The van der Waals surface area contributed by atoms with E-state index >= 15 is 0 Å². The maximum atomic E-state index is 12.0. The molecule has 0 amide bonds. The number of halogens is 2. The normalized spacial score (nSPS) is 10.6. The average molecular weight is 327 g/mol. The van der Waals surface area contributed by atoms with Crippen LogP contribution < -0.4 is 4.74 Å². The van der Waals surface area contributed by atoms with Gasteiger partial charge in [-0.2, -0.15) is 0 Å². The Morgan fingerprint density at radius 1 is 1.05 bits per heavy atom. The molecule has 0 atom stereocenters. The van der Waals surface area contributed by atoms with Crippen LogP contribution in [0, 0.1) is 0 Å². The highest BCUT2D eigenvalue weighted by atomic mass is 35.5. The first-order valence-corrected chi connectivity index (χ1v) is 7.77. The molecule has 0 unspecified atom stereocenters. The number of carbonyl (C=O) groups excluding carboxylic acids is 1. The molecule has 0 saturated heterocycles. The first-order valence-electron chi connectivity index (χ1n) is 5.91. The van der Waals surface area contributed by atoms with E-state index in [1.165, 1.54) is 11.8 Å². The SMILES string of the molecule is O=C(CSc1ccccc1OC(Cl)Cl)c1ccccc1. The van der Waals surface area contributed by atoms with Crippen molar-refractivity contribution in [1.82, 2.24) is 0 Å². The number of rotatable bonds is 6. The smallest absolute Gasteiger partial charge is 0.247 e. The summed E-state index contributed by atoms with van der Waals surface area (Å²) in [5.74, 6) is 0.978. The fourth-order valence-corrected chi connectivity index (χ4v) is 2.69. The summed E-state index contributed by atoms with van der Waals surface area (Å²) in [4.78, 5) is 12.9. The highest BCUT2D eigenvalue weighted by molar-refractivity contribution is 8.00. The Labute approximate surface area is 132 Å². The van der Waals surface area contributed by atoms with E-state index in [4.69, 9.17) is 27.9 Å². The van der Waals surface area contributed by atoms with Crippen molar-refractivity contribution in [3.63, 3.8) is 0 Å². The largest absolute Gasteiger partial charge is 0.460 e. The van der Waals surface area contributed by atoms with Crippen molar-refractivity contribution in [1.29, 1.82) is 0 Å². The third-order valence-corrected chi connectivity index (χ3v) is 3.75. The van der Waals surface area contributed by atoms with Crippen LogP contribution in [0.1, 0.15) is 10.4 Å². The molecule has 2 aromatic rings. The quantitative estimate of drug-likeness (QED) is 0.433. The number of Topliss-reactive ketones (excluding diaryl/α,β-unsaturated/α-hetero) is 1. The molecule has 0 aliphatic rings. The molecule has 2 nitrogen and oxygen atoms in total. The molecule has 0 fully saturated rings. The summed E-state index contributed by atoms with van der Waals surface area (Å²) in [6.07, 6.45) is 0. The molecule has 0 bridgehead atoms. The van der Waals surface area contributed by atoms with Crippen molar-refractivity contribution < 1.29 is 9.53 Å². The number of hydrogen-bond donors (Lipinski definition) is 0. The predicted octanol–water partition coefficient (Wildman–Crippen LogP) is 4.80. The van der Waals surface area contributed by atoms with Crippen LogP contribution in [0.2, 0.25) is 0 Å². The third kappa shape index (κ3) is 4.44. The molecule has 0 saturated carbocycles. The van der Waals surface area contributed by atoms with Gasteiger partial charge in [-0.3, -0.25) is 4.79 Å². The van der Waals surface area contributed by atoms with Crippen LogP contribution in [0.3, 0.4) is 0 Å². The number of carbonyl (C=O) groups is 1. The molecule has 0 spiro atoms. The van der Waals surface area contributed by atoms with Crippen molar-refractivity contribution in [2.45, 2.75) is 9.92 Å². The number of benzene rings is 2. The maximum absolute atomic E-state index is 12.0. The predicted molar refractivity (Wildman–Crippen MR) is 84.1 cm³/mol. The summed E-state index contributed by atoms with van der Waals surface area (Å²) in [5.41, 5.74) is 0.700. The molecule has 20 heavy (non-hydrogen) atoms. The fourth-order valence-electron chi connectivity index (χ4n) is 1.61. The van der Waals surface area contributed by atoms with Crippen LogP contribution >= 0.6 is 35.0 Å². The van der Waals surface area contributed by atoms with E-state index in [-0.39, 0.29) is 5.78 Å². The molecular weight excluding hydrogens is 315 g/mol. The van der Waals surface area contributed by atoms with E-state index < -0.39 is 5.02 Å². The van der Waals surface area contributed by atoms with Gasteiger partial charge in [-0.15, -0.1) is 11.8 Å². The van der Waals surface area contributed by atoms with Crippen LogP contribution in [0.5, 0.6) is 5.75 Å². The lowest BCUT2D eigenvalue weighted by Crippen LogP contribution is -2.03. The lowest BCUT2D eigenvalue weighted by atomic mass is 10.2. The Hall–Kier alpha value is -1.16. The van der Waals surface area contributed by atoms with Gasteiger partial charge in [0.05, 0.1) is 5.75 Å². The number of ketones is 1. The fraction of sp³-hybridized carbons (Fsp3) is 0.133. The standard InChI is InChI=1S/C15H12Cl2O2S/c16-15(17)19-13-8-4-5-9-14(13)20-10-12(18)11-6-2-1-3-7-11/h1-9,15H,10H2. The van der Waals surface area contributed by atoms with E-state index in [2.05, 4.69) is 0 Å². The third-order valence-electron chi connectivity index (χ3n) is 2.52. The molecule has 0 aliphatic carbocycles. The van der Waals surface area contributed by atoms with Crippen LogP contribution in [0.15, 0.2) is 59.5 Å². The Kier molecular flexibility index (Phi) is 5.77. The Morgan fingerprint density at radius 2 is 1.70 bits per heavy atom. The molecular formula is C15H12Cl2O2S. The van der Waals surface area contributed by atoms with Crippen molar-refractivity contribution in [3.8, 4) is 5.75 Å². The van der Waals surface area contributed by atoms with Gasteiger partial charge in [0, 0.05) is 10.5 Å². The molecule has 5 heteroatoms. The molecule has 104 valence electrons. The van der Waals surface area contributed by atoms with Crippen LogP contribution in [-0.2, 0) is 0 Å². The second kappa shape index (κ2) is 7.58. The van der Waals surface area contributed by atoms with Gasteiger partial charge in [0.1, 0.15) is 5.75 Å². The Balaban J connectivity index is 2.02. The van der Waals surface area contributed by atoms with Crippen LogP contribution in [0.25, 0.3) is 0 Å². The van der Waals surface area contributed by atoms with Crippen molar-refractivity contribution in [2.75, 3.05) is 5.75 Å². The number of alkyl halides is 2. The number of hydrogen-bond acceptors (Lipinski definition) is 3. The Morgan fingerprint density at radius 3 is 2.40 bits per heavy atom. The zero-order valence-electron chi connectivity index (χ0n) is 10.5. The molecule has 0 aliphatic heterocycles. The molecule has 0 aromatic heterocycles. The number of ether oxygens (including phenoxy) is 1. The van der Waals surface area contributed by atoms with Gasteiger partial charge in [0.15, 0.2) is 5.78 Å². The van der Waals surface area contributed by atoms with Gasteiger partial charge in [-0.25, -0.2) is 0 Å². The van der Waals surface area contributed by atoms with E-state index in [0.717, 1.165) is 4.90 Å². The maximum Gasteiger partial charge on any atom is 0.247 e. The van der Waals surface area contributed by atoms with Gasteiger partial charge >= 0.3 is 0 Å². The Bertz CT molecular complexity index is 573. The summed E-state index contributed by atoms with van der Waals surface area (Å²) in [5, 5.41) is -0.929. The van der Waals surface area contributed by atoms with Crippen LogP contribution in [0.4, 0.5) is 0 Å². The minimum Gasteiger partial charge on any atom is -0.460 e. The van der Waals surface area contributed by atoms with E-state index in [0.29, 0.717) is 17.1 Å². The summed E-state index contributed by atoms with van der Waals surface area (Å²) >= 11 is 12.6. The molecule has 0 heterocycles. The second-order valence-electron chi connectivity index (χ2n) is 3.90. The number of para-hydroxylation sites is 1. The van der Waals surface area contributed by atoms with Crippen molar-refractivity contribution in [3.05, 3.63) is 60.2 Å². The van der Waals surface area contributed by atoms with Crippen LogP contribution in [-0.4, -0.2) is 16.6 Å². The van der Waals surface area contributed by atoms with Crippen molar-refractivity contribution in [2.24, 2.45) is 0 Å². The topological polar surface area (TPSA) is 26.3 Å². The first kappa shape index (κ1) is 15.2. The summed E-state index contributed by atoms with van der Waals surface area (Å²) < 4.78 is 5.28. The first-order chi connectivity index (χ1) is 9.66. The minimum absolute atomic E-state index is 0.0682. The van der Waals surface area contributed by atoms with E-state index in [9.17, 15) is 4.79 Å². The second-order valence-corrected chi connectivity index (χ2v) is 5.94. The molecule has 0 radical (unpaired) electrons. The molecule has 0 N–H and O–H groups in total. The minimum atomic E-state index is -0.929. The van der Waals surface area contributed by atoms with Gasteiger partial charge in [-0.05, 0) is 12.1 Å². The summed E-state index contributed by atoms with van der Waals surface area (Å²) in [7, 11) is 0. The summed E-state index contributed by atoms with van der Waals surface area (Å²) in [6, 6.07) is 16.5. The van der Waals surface area contributed by atoms with E-state index in [1.54, 1.807) is 18.2 Å². The average Bonchev–Trinajstić information content (AvgIpc) is 2.46. The van der Waals surface area contributed by atoms with Gasteiger partial charge in [-0.1, -0.05) is 65.7 Å². The van der Waals surface area contributed by atoms with Gasteiger partial charge in [0.2, 0.25) is 5.02 Å². The lowest BCUT2D eigenvalue weighted by molar-refractivity contribution is 0.102. The number of thioether (sulfide) groups is 1. The zero-order valence-corrected chi connectivity index (χ0v) is 12.8. The summed E-state index contributed by atoms with van der Waals surface area (Å²) in [6.45, 7) is 0. The monoisotopic (exact) mass is 326 g/mol. The molecule has 2 rings (SSSR count). The molecule has 2 aromatic carbocycles. The van der Waals surface area contributed by atoms with E-state index in [1.807, 2.05) is 36.4 Å². The highest BCUT2D eigenvalue weighted by Crippen LogP contribution is 2.31.